The molecule has 0 aliphatic carbocycles. The average Bonchev–Trinajstić information content (AvgIpc) is 3.77. The maximum Gasteiger partial charge on any atom is 0.303 e. The molecule has 1 saturated heterocycles. The summed E-state index contributed by atoms with van der Waals surface area (Å²) in [5.41, 5.74) is 2.77. The SMILES string of the molecule is CC(=O)O[C@@H]1[C@@H](OC(C)=O)[C@H](OC(C)=O)CO[C@H]1n1cc(COc2nc(-c3ccc4ccccc4c3)cc(-c3cccs3)c2C#N)nn1. The van der Waals surface area contributed by atoms with Gasteiger partial charge in [0.2, 0.25) is 5.88 Å². The molecule has 2 aromatic carbocycles. The Morgan fingerprint density at radius 3 is 2.42 bits per heavy atom. The molecular weight excluding hydrogens is 638 g/mol. The van der Waals surface area contributed by atoms with Crippen LogP contribution in [0.15, 0.2) is 72.2 Å². The largest absolute Gasteiger partial charge is 0.470 e. The average molecular weight is 668 g/mol. The van der Waals surface area contributed by atoms with Crippen LogP contribution in [0.5, 0.6) is 5.88 Å². The van der Waals surface area contributed by atoms with Crippen LogP contribution in [0.4, 0.5) is 0 Å². The highest BCUT2D eigenvalue weighted by Gasteiger charge is 2.48. The summed E-state index contributed by atoms with van der Waals surface area (Å²) in [5, 5.41) is 22.6. The Hall–Kier alpha value is -5.65. The molecule has 4 heterocycles. The Morgan fingerprint density at radius 2 is 1.71 bits per heavy atom. The number of carbonyl (C=O) groups is 3. The van der Waals surface area contributed by atoms with Gasteiger partial charge in [-0.05, 0) is 34.4 Å². The highest BCUT2D eigenvalue weighted by Crippen LogP contribution is 2.37. The monoisotopic (exact) mass is 667 g/mol. The van der Waals surface area contributed by atoms with Crippen molar-refractivity contribution in [2.45, 2.75) is 51.9 Å². The van der Waals surface area contributed by atoms with Crippen LogP contribution < -0.4 is 4.74 Å². The van der Waals surface area contributed by atoms with Crippen molar-refractivity contribution in [1.82, 2.24) is 20.0 Å². The standard InChI is InChI=1S/C34H29N5O8S/c1-19(40)45-29-18-44-34(32(47-21(3)42)31(29)46-20(2)41)39-16-25(37-38-39)17-43-33-27(15-35)26(30-9-6-12-48-30)14-28(36-33)24-11-10-22-7-4-5-8-23(22)13-24/h4-14,16,29,31-32,34H,17-18H2,1-3H3/t29-,31+,32-,34-/m1/s1. The molecule has 0 unspecified atom stereocenters. The number of carbonyl (C=O) groups excluding carboxylic acids is 3. The van der Waals surface area contributed by atoms with Crippen molar-refractivity contribution in [1.29, 1.82) is 5.26 Å². The number of thiophene rings is 1. The fourth-order valence-corrected chi connectivity index (χ4v) is 6.20. The molecular formula is C34H29N5O8S. The van der Waals surface area contributed by atoms with E-state index in [9.17, 15) is 19.6 Å². The predicted molar refractivity (Wildman–Crippen MR) is 171 cm³/mol. The fourth-order valence-electron chi connectivity index (χ4n) is 5.45. The third-order valence-corrected chi connectivity index (χ3v) is 8.33. The van der Waals surface area contributed by atoms with Gasteiger partial charge in [-0.2, -0.15) is 5.26 Å². The molecule has 0 spiro atoms. The van der Waals surface area contributed by atoms with E-state index in [1.54, 1.807) is 0 Å². The van der Waals surface area contributed by atoms with Crippen molar-refractivity contribution < 1.29 is 38.1 Å². The van der Waals surface area contributed by atoms with Crippen molar-refractivity contribution in [3.05, 3.63) is 83.5 Å². The number of esters is 3. The number of nitriles is 1. The number of pyridine rings is 1. The first-order valence-corrected chi connectivity index (χ1v) is 15.7. The number of ether oxygens (including phenoxy) is 5. The van der Waals surface area contributed by atoms with E-state index in [1.165, 1.54) is 43.0 Å². The van der Waals surface area contributed by atoms with Crippen LogP contribution in [0.1, 0.15) is 38.3 Å². The third kappa shape index (κ3) is 7.02. The van der Waals surface area contributed by atoms with E-state index < -0.39 is 42.4 Å². The number of fused-ring (bicyclic) bond motifs is 1. The molecule has 0 N–H and O–H groups in total. The maximum absolute atomic E-state index is 12.1. The first-order chi connectivity index (χ1) is 23.2. The summed E-state index contributed by atoms with van der Waals surface area (Å²) in [4.78, 5) is 41.3. The van der Waals surface area contributed by atoms with Gasteiger partial charge >= 0.3 is 17.9 Å². The molecule has 4 atom stereocenters. The summed E-state index contributed by atoms with van der Waals surface area (Å²) in [6.45, 7) is 3.28. The van der Waals surface area contributed by atoms with Crippen LogP contribution in [0, 0.1) is 11.3 Å². The second kappa shape index (κ2) is 14.0. The van der Waals surface area contributed by atoms with Gasteiger partial charge in [0.1, 0.15) is 23.9 Å². The van der Waals surface area contributed by atoms with Crippen LogP contribution in [0.25, 0.3) is 32.5 Å². The highest BCUT2D eigenvalue weighted by molar-refractivity contribution is 7.13. The molecule has 14 heteroatoms. The molecule has 5 aromatic rings. The van der Waals surface area contributed by atoms with Gasteiger partial charge in [-0.3, -0.25) is 14.4 Å². The van der Waals surface area contributed by atoms with Gasteiger partial charge < -0.3 is 23.7 Å². The van der Waals surface area contributed by atoms with E-state index in [0.29, 0.717) is 17.0 Å². The quantitative estimate of drug-likeness (QED) is 0.153. The highest BCUT2D eigenvalue weighted by atomic mass is 32.1. The first-order valence-electron chi connectivity index (χ1n) is 14.8. The van der Waals surface area contributed by atoms with Crippen LogP contribution in [-0.2, 0) is 39.9 Å². The Bertz CT molecular complexity index is 2020. The van der Waals surface area contributed by atoms with Gasteiger partial charge in [0.25, 0.3) is 0 Å². The normalized spacial score (nSPS) is 18.9. The van der Waals surface area contributed by atoms with Crippen molar-refractivity contribution in [2.75, 3.05) is 6.61 Å². The molecule has 0 radical (unpaired) electrons. The van der Waals surface area contributed by atoms with Crippen LogP contribution in [-0.4, -0.2) is 62.8 Å². The lowest BCUT2D eigenvalue weighted by atomic mass is 10.0. The predicted octanol–water partition coefficient (Wildman–Crippen LogP) is 5.00. The molecule has 244 valence electrons. The Morgan fingerprint density at radius 1 is 0.958 bits per heavy atom. The minimum absolute atomic E-state index is 0.118. The molecule has 0 saturated carbocycles. The molecule has 1 fully saturated rings. The Kier molecular flexibility index (Phi) is 9.42. The number of nitrogens with zero attached hydrogens (tertiary/aromatic N) is 5. The molecule has 0 bridgehead atoms. The Balaban J connectivity index is 1.30. The van der Waals surface area contributed by atoms with Gasteiger partial charge in [-0.25, -0.2) is 9.67 Å². The molecule has 3 aromatic heterocycles. The molecule has 6 rings (SSSR count). The second-order valence-electron chi connectivity index (χ2n) is 10.9. The minimum Gasteiger partial charge on any atom is -0.470 e. The van der Waals surface area contributed by atoms with Gasteiger partial charge in [-0.1, -0.05) is 47.7 Å². The van der Waals surface area contributed by atoms with Crippen molar-refractivity contribution >= 4 is 40.0 Å². The van der Waals surface area contributed by atoms with Crippen LogP contribution in [0.2, 0.25) is 0 Å². The minimum atomic E-state index is -1.22. The van der Waals surface area contributed by atoms with E-state index >= 15 is 0 Å². The maximum atomic E-state index is 12.1. The Labute approximate surface area is 278 Å². The van der Waals surface area contributed by atoms with Crippen LogP contribution >= 0.6 is 11.3 Å². The summed E-state index contributed by atoms with van der Waals surface area (Å²) >= 11 is 1.50. The van der Waals surface area contributed by atoms with Gasteiger partial charge in [0.15, 0.2) is 24.5 Å². The summed E-state index contributed by atoms with van der Waals surface area (Å²) in [6, 6.07) is 22.0. The van der Waals surface area contributed by atoms with Crippen molar-refractivity contribution in [3.63, 3.8) is 0 Å². The molecule has 48 heavy (non-hydrogen) atoms. The number of hydrogen-bond acceptors (Lipinski definition) is 13. The molecule has 0 amide bonds. The second-order valence-corrected chi connectivity index (χ2v) is 11.8. The zero-order valence-electron chi connectivity index (χ0n) is 26.1. The zero-order valence-corrected chi connectivity index (χ0v) is 26.9. The molecule has 13 nitrogen and oxygen atoms in total. The van der Waals surface area contributed by atoms with E-state index in [-0.39, 0.29) is 24.7 Å². The summed E-state index contributed by atoms with van der Waals surface area (Å²) in [5.74, 6) is -1.86. The van der Waals surface area contributed by atoms with Crippen molar-refractivity contribution in [2.24, 2.45) is 0 Å². The zero-order chi connectivity index (χ0) is 33.8. The third-order valence-electron chi connectivity index (χ3n) is 7.43. The van der Waals surface area contributed by atoms with E-state index in [4.69, 9.17) is 28.7 Å². The summed E-state index contributed by atoms with van der Waals surface area (Å²) in [6.07, 6.45) is -2.99. The van der Waals surface area contributed by atoms with Crippen molar-refractivity contribution in [3.8, 4) is 33.6 Å². The smallest absolute Gasteiger partial charge is 0.303 e. The van der Waals surface area contributed by atoms with Gasteiger partial charge in [-0.15, -0.1) is 16.4 Å². The van der Waals surface area contributed by atoms with Crippen LogP contribution in [0.3, 0.4) is 0 Å². The number of aromatic nitrogens is 4. The topological polar surface area (TPSA) is 165 Å². The van der Waals surface area contributed by atoms with E-state index in [2.05, 4.69) is 16.4 Å². The first kappa shape index (κ1) is 32.3. The fraction of sp³-hybridized carbons (Fsp3) is 0.265. The summed E-state index contributed by atoms with van der Waals surface area (Å²) in [7, 11) is 0. The summed E-state index contributed by atoms with van der Waals surface area (Å²) < 4.78 is 29.5. The number of benzene rings is 2. The van der Waals surface area contributed by atoms with Gasteiger partial charge in [0.05, 0.1) is 18.5 Å². The van der Waals surface area contributed by atoms with E-state index in [0.717, 1.165) is 21.2 Å². The van der Waals surface area contributed by atoms with Gasteiger partial charge in [0, 0.05) is 36.8 Å². The number of rotatable bonds is 9. The lowest BCUT2D eigenvalue weighted by Gasteiger charge is -2.40. The van der Waals surface area contributed by atoms with E-state index in [1.807, 2.05) is 66.0 Å². The lowest BCUT2D eigenvalue weighted by Crippen LogP contribution is -2.55. The molecule has 1 aliphatic heterocycles. The lowest BCUT2D eigenvalue weighted by molar-refractivity contribution is -0.241. The molecule has 1 aliphatic rings. The number of hydrogen-bond donors (Lipinski definition) is 0.